The third kappa shape index (κ3) is 6.38. The highest BCUT2D eigenvalue weighted by Gasteiger charge is 2.19. The van der Waals surface area contributed by atoms with Gasteiger partial charge < -0.3 is 10.5 Å². The fraction of sp³-hybridized carbons (Fsp3) is 0.647. The Hall–Kier alpha value is -0.380. The predicted octanol–water partition coefficient (Wildman–Crippen LogP) is 5.21. The lowest BCUT2D eigenvalue weighted by atomic mass is 10.0. The highest BCUT2D eigenvalue weighted by molar-refractivity contribution is 9.10. The summed E-state index contributed by atoms with van der Waals surface area (Å²) < 4.78 is 7.26. The lowest BCUT2D eigenvalue weighted by molar-refractivity contribution is -0.0195. The minimum absolute atomic E-state index is 0.0117. The van der Waals surface area contributed by atoms with Gasteiger partial charge in [-0.1, -0.05) is 60.7 Å². The van der Waals surface area contributed by atoms with Gasteiger partial charge in [-0.15, -0.1) is 0 Å². The number of benzene rings is 1. The molecule has 0 bridgehead atoms. The molecule has 114 valence electrons. The van der Waals surface area contributed by atoms with Gasteiger partial charge in [0.1, 0.15) is 0 Å². The zero-order valence-corrected chi connectivity index (χ0v) is 14.5. The molecule has 0 fully saturated rings. The van der Waals surface area contributed by atoms with E-state index >= 15 is 0 Å². The van der Waals surface area contributed by atoms with E-state index in [-0.39, 0.29) is 18.2 Å². The van der Waals surface area contributed by atoms with Crippen molar-refractivity contribution in [3.63, 3.8) is 0 Å². The van der Waals surface area contributed by atoms with Crippen molar-refractivity contribution < 1.29 is 4.74 Å². The van der Waals surface area contributed by atoms with E-state index in [4.69, 9.17) is 10.5 Å². The number of rotatable bonds is 9. The molecule has 2 N–H and O–H groups in total. The average Bonchev–Trinajstić information content (AvgIpc) is 2.40. The lowest BCUT2D eigenvalue weighted by Crippen LogP contribution is -2.29. The van der Waals surface area contributed by atoms with E-state index in [9.17, 15) is 0 Å². The minimum atomic E-state index is -0.0336. The standard InChI is InChI=1S/C17H28BrNO/c1-4-5-6-7-9-13(2)20-17(14(3)19)15-10-8-11-16(18)12-15/h8,10-14,17H,4-7,9,19H2,1-3H3. The molecule has 20 heavy (non-hydrogen) atoms. The minimum Gasteiger partial charge on any atom is -0.369 e. The Morgan fingerprint density at radius 3 is 2.55 bits per heavy atom. The maximum Gasteiger partial charge on any atom is 0.0976 e. The fourth-order valence-electron chi connectivity index (χ4n) is 2.37. The van der Waals surface area contributed by atoms with Crippen LogP contribution in [-0.4, -0.2) is 12.1 Å². The number of ether oxygens (including phenoxy) is 1. The maximum absolute atomic E-state index is 6.19. The van der Waals surface area contributed by atoms with Crippen LogP contribution in [0.15, 0.2) is 28.7 Å². The first-order valence-electron chi connectivity index (χ1n) is 7.71. The normalized spacial score (nSPS) is 15.8. The van der Waals surface area contributed by atoms with E-state index in [0.29, 0.717) is 0 Å². The lowest BCUT2D eigenvalue weighted by Gasteiger charge is -2.26. The summed E-state index contributed by atoms with van der Waals surface area (Å²) in [4.78, 5) is 0. The Bertz CT molecular complexity index is 381. The second-order valence-electron chi connectivity index (χ2n) is 5.63. The van der Waals surface area contributed by atoms with Gasteiger partial charge in [0.15, 0.2) is 0 Å². The molecule has 0 spiro atoms. The molecule has 3 heteroatoms. The van der Waals surface area contributed by atoms with Gasteiger partial charge in [0.2, 0.25) is 0 Å². The van der Waals surface area contributed by atoms with E-state index < -0.39 is 0 Å². The zero-order valence-electron chi connectivity index (χ0n) is 12.9. The second-order valence-corrected chi connectivity index (χ2v) is 6.55. The highest BCUT2D eigenvalue weighted by Crippen LogP contribution is 2.26. The SMILES string of the molecule is CCCCCCC(C)OC(c1cccc(Br)c1)C(C)N. The topological polar surface area (TPSA) is 35.2 Å². The van der Waals surface area contributed by atoms with Crippen LogP contribution in [0.25, 0.3) is 0 Å². The first-order valence-corrected chi connectivity index (χ1v) is 8.50. The van der Waals surface area contributed by atoms with Gasteiger partial charge in [-0.3, -0.25) is 0 Å². The Morgan fingerprint density at radius 1 is 1.20 bits per heavy atom. The van der Waals surface area contributed by atoms with Crippen LogP contribution in [0.3, 0.4) is 0 Å². The van der Waals surface area contributed by atoms with Crippen LogP contribution in [0.2, 0.25) is 0 Å². The number of hydrogen-bond acceptors (Lipinski definition) is 2. The summed E-state index contributed by atoms with van der Waals surface area (Å²) in [5, 5.41) is 0. The fourth-order valence-corrected chi connectivity index (χ4v) is 2.78. The van der Waals surface area contributed by atoms with Gasteiger partial charge in [0.05, 0.1) is 12.2 Å². The third-order valence-electron chi connectivity index (χ3n) is 3.50. The summed E-state index contributed by atoms with van der Waals surface area (Å²) >= 11 is 3.51. The summed E-state index contributed by atoms with van der Waals surface area (Å²) in [5.41, 5.74) is 7.25. The Kier molecular flexibility index (Phi) is 8.43. The first-order chi connectivity index (χ1) is 9.54. The number of unbranched alkanes of at least 4 members (excludes halogenated alkanes) is 3. The van der Waals surface area contributed by atoms with E-state index in [0.717, 1.165) is 16.5 Å². The van der Waals surface area contributed by atoms with Crippen molar-refractivity contribution in [3.05, 3.63) is 34.3 Å². The van der Waals surface area contributed by atoms with E-state index in [1.807, 2.05) is 19.1 Å². The molecule has 0 heterocycles. The molecule has 1 rings (SSSR count). The van der Waals surface area contributed by atoms with Crippen molar-refractivity contribution in [1.82, 2.24) is 0 Å². The van der Waals surface area contributed by atoms with Crippen LogP contribution in [0, 0.1) is 0 Å². The van der Waals surface area contributed by atoms with Gasteiger partial charge in [-0.2, -0.15) is 0 Å². The van der Waals surface area contributed by atoms with Gasteiger partial charge in [-0.05, 0) is 38.0 Å². The maximum atomic E-state index is 6.19. The van der Waals surface area contributed by atoms with Crippen molar-refractivity contribution in [2.24, 2.45) is 5.73 Å². The molecule has 3 atom stereocenters. The van der Waals surface area contributed by atoms with Crippen LogP contribution in [0.4, 0.5) is 0 Å². The Labute approximate surface area is 132 Å². The molecule has 0 aliphatic rings. The first kappa shape index (κ1) is 17.7. The third-order valence-corrected chi connectivity index (χ3v) is 3.99. The van der Waals surface area contributed by atoms with Crippen molar-refractivity contribution in [2.75, 3.05) is 0 Å². The predicted molar refractivity (Wildman–Crippen MR) is 89.8 cm³/mol. The smallest absolute Gasteiger partial charge is 0.0976 e. The summed E-state index contributed by atoms with van der Waals surface area (Å²) in [5.74, 6) is 0. The Balaban J connectivity index is 2.55. The molecule has 0 aliphatic heterocycles. The summed E-state index contributed by atoms with van der Waals surface area (Å²) in [6.45, 7) is 6.40. The van der Waals surface area contributed by atoms with Crippen molar-refractivity contribution in [1.29, 1.82) is 0 Å². The monoisotopic (exact) mass is 341 g/mol. The largest absolute Gasteiger partial charge is 0.369 e. The molecule has 1 aromatic carbocycles. The van der Waals surface area contributed by atoms with Crippen LogP contribution < -0.4 is 5.73 Å². The summed E-state index contributed by atoms with van der Waals surface area (Å²) in [6.07, 6.45) is 6.45. The molecule has 0 saturated carbocycles. The van der Waals surface area contributed by atoms with Crippen molar-refractivity contribution in [3.8, 4) is 0 Å². The molecule has 0 radical (unpaired) electrons. The molecule has 2 nitrogen and oxygen atoms in total. The molecule has 1 aromatic rings. The van der Waals surface area contributed by atoms with Gasteiger partial charge >= 0.3 is 0 Å². The quantitative estimate of drug-likeness (QED) is 0.625. The van der Waals surface area contributed by atoms with Crippen LogP contribution in [0.1, 0.15) is 64.5 Å². The number of halogens is 1. The highest BCUT2D eigenvalue weighted by atomic mass is 79.9. The second kappa shape index (κ2) is 9.54. The number of nitrogens with two attached hydrogens (primary N) is 1. The molecule has 0 saturated heterocycles. The summed E-state index contributed by atoms with van der Waals surface area (Å²) in [6, 6.07) is 8.22. The Morgan fingerprint density at radius 2 is 1.95 bits per heavy atom. The molecular weight excluding hydrogens is 314 g/mol. The molecule has 0 amide bonds. The summed E-state index contributed by atoms with van der Waals surface area (Å²) in [7, 11) is 0. The van der Waals surface area contributed by atoms with Gasteiger partial charge in [-0.25, -0.2) is 0 Å². The van der Waals surface area contributed by atoms with Crippen LogP contribution >= 0.6 is 15.9 Å². The molecule has 0 aliphatic carbocycles. The average molecular weight is 342 g/mol. The van der Waals surface area contributed by atoms with Crippen LogP contribution in [-0.2, 0) is 4.74 Å². The van der Waals surface area contributed by atoms with Crippen molar-refractivity contribution >= 4 is 15.9 Å². The zero-order chi connectivity index (χ0) is 15.0. The molecule has 3 unspecified atom stereocenters. The van der Waals surface area contributed by atoms with Gasteiger partial charge in [0.25, 0.3) is 0 Å². The number of hydrogen-bond donors (Lipinski definition) is 1. The van der Waals surface area contributed by atoms with Gasteiger partial charge in [0, 0.05) is 10.5 Å². The van der Waals surface area contributed by atoms with E-state index in [1.165, 1.54) is 25.7 Å². The molecule has 0 aromatic heterocycles. The van der Waals surface area contributed by atoms with E-state index in [1.54, 1.807) is 0 Å². The molecular formula is C17H28BrNO. The van der Waals surface area contributed by atoms with E-state index in [2.05, 4.69) is 41.9 Å². The van der Waals surface area contributed by atoms with Crippen molar-refractivity contribution in [2.45, 2.75) is 71.1 Å². The van der Waals surface area contributed by atoms with Crippen LogP contribution in [0.5, 0.6) is 0 Å².